The zero-order valence-corrected chi connectivity index (χ0v) is 9.90. The van der Waals surface area contributed by atoms with Gasteiger partial charge in [-0.1, -0.05) is 11.6 Å². The van der Waals surface area contributed by atoms with Crippen molar-refractivity contribution in [2.75, 3.05) is 6.61 Å². The predicted molar refractivity (Wildman–Crippen MR) is 60.2 cm³/mol. The monoisotopic (exact) mass is 225 g/mol. The maximum atomic E-state index is 11.2. The predicted octanol–water partition coefficient (Wildman–Crippen LogP) is 2.60. The van der Waals surface area contributed by atoms with Crippen molar-refractivity contribution in [1.82, 2.24) is 4.90 Å². The molecule has 0 bridgehead atoms. The summed E-state index contributed by atoms with van der Waals surface area (Å²) in [4.78, 5) is 12.6. The molecule has 2 aliphatic rings. The van der Waals surface area contributed by atoms with Crippen LogP contribution in [0.4, 0.5) is 4.79 Å². The summed E-state index contributed by atoms with van der Waals surface area (Å²) in [7, 11) is 0. The molecule has 1 saturated carbocycles. The first-order chi connectivity index (χ1) is 7.50. The highest BCUT2D eigenvalue weighted by Crippen LogP contribution is 2.31. The summed E-state index contributed by atoms with van der Waals surface area (Å²) in [6, 6.07) is -0.111. The molecule has 4 heteroatoms. The van der Waals surface area contributed by atoms with Crippen LogP contribution in [0.15, 0.2) is 11.6 Å². The van der Waals surface area contributed by atoms with E-state index in [0.717, 1.165) is 12.8 Å². The molecule has 1 aliphatic carbocycles. The van der Waals surface area contributed by atoms with E-state index in [1.54, 1.807) is 13.8 Å². The molecule has 1 aliphatic heterocycles. The van der Waals surface area contributed by atoms with Gasteiger partial charge >= 0.3 is 6.09 Å². The molecular weight excluding hydrogens is 206 g/mol. The molecule has 0 aromatic carbocycles. The number of hydrogen-bond acceptors (Lipinski definition) is 2. The zero-order chi connectivity index (χ0) is 11.8. The minimum Gasteiger partial charge on any atom is -0.465 e. The van der Waals surface area contributed by atoms with Gasteiger partial charge in [0.25, 0.3) is 0 Å². The summed E-state index contributed by atoms with van der Waals surface area (Å²) in [6.45, 7) is 4.07. The van der Waals surface area contributed by atoms with E-state index in [1.807, 2.05) is 0 Å². The molecule has 1 atom stereocenters. The van der Waals surface area contributed by atoms with Crippen molar-refractivity contribution in [2.45, 2.75) is 51.3 Å². The largest absolute Gasteiger partial charge is 0.465 e. The zero-order valence-electron chi connectivity index (χ0n) is 9.90. The Morgan fingerprint density at radius 3 is 2.69 bits per heavy atom. The van der Waals surface area contributed by atoms with Gasteiger partial charge in [-0.25, -0.2) is 4.79 Å². The van der Waals surface area contributed by atoms with Gasteiger partial charge in [-0.3, -0.25) is 4.90 Å². The molecule has 0 aromatic rings. The van der Waals surface area contributed by atoms with Crippen molar-refractivity contribution in [3.05, 3.63) is 11.6 Å². The number of allylic oxidation sites excluding steroid dienone is 1. The first-order valence-electron chi connectivity index (χ1n) is 5.86. The Morgan fingerprint density at radius 2 is 2.12 bits per heavy atom. The van der Waals surface area contributed by atoms with Crippen molar-refractivity contribution >= 4 is 6.09 Å². The van der Waals surface area contributed by atoms with E-state index in [9.17, 15) is 9.90 Å². The molecule has 90 valence electrons. The van der Waals surface area contributed by atoms with Gasteiger partial charge in [0.1, 0.15) is 5.72 Å². The van der Waals surface area contributed by atoms with Crippen LogP contribution in [0.3, 0.4) is 0 Å². The smallest absolute Gasteiger partial charge is 0.410 e. The standard InChI is InChI=1S/C12H19NO3/c1-12(2)13(11(14)15)10(8-16-12)7-9-5-3-4-6-9/h7,10H,3-6,8H2,1-2H3,(H,14,15). The number of carbonyl (C=O) groups is 1. The molecule has 4 nitrogen and oxygen atoms in total. The molecule has 2 rings (SSSR count). The molecule has 1 saturated heterocycles. The van der Waals surface area contributed by atoms with Crippen LogP contribution in [0.2, 0.25) is 0 Å². The van der Waals surface area contributed by atoms with E-state index in [0.29, 0.717) is 6.61 Å². The molecule has 0 spiro atoms. The van der Waals surface area contributed by atoms with Crippen LogP contribution < -0.4 is 0 Å². The number of amides is 1. The number of ether oxygens (including phenoxy) is 1. The third-order valence-corrected chi connectivity index (χ3v) is 3.40. The molecule has 0 radical (unpaired) electrons. The van der Waals surface area contributed by atoms with E-state index in [-0.39, 0.29) is 6.04 Å². The molecule has 0 aromatic heterocycles. The summed E-state index contributed by atoms with van der Waals surface area (Å²) in [6.07, 6.45) is 5.89. The Hall–Kier alpha value is -1.03. The van der Waals surface area contributed by atoms with Crippen LogP contribution in [-0.4, -0.2) is 34.5 Å². The Kier molecular flexibility index (Phi) is 2.93. The highest BCUT2D eigenvalue weighted by molar-refractivity contribution is 5.67. The second-order valence-corrected chi connectivity index (χ2v) is 5.01. The van der Waals surface area contributed by atoms with Crippen LogP contribution >= 0.6 is 0 Å². The van der Waals surface area contributed by atoms with Gasteiger partial charge in [0.15, 0.2) is 0 Å². The summed E-state index contributed by atoms with van der Waals surface area (Å²) in [5.74, 6) is 0. The van der Waals surface area contributed by atoms with E-state index < -0.39 is 11.8 Å². The van der Waals surface area contributed by atoms with Gasteiger partial charge in [-0.05, 0) is 39.5 Å². The third kappa shape index (κ3) is 2.07. The number of nitrogens with zero attached hydrogens (tertiary/aromatic N) is 1. The Morgan fingerprint density at radius 1 is 1.50 bits per heavy atom. The summed E-state index contributed by atoms with van der Waals surface area (Å²) >= 11 is 0. The quantitative estimate of drug-likeness (QED) is 0.698. The second-order valence-electron chi connectivity index (χ2n) is 5.01. The van der Waals surface area contributed by atoms with Crippen LogP contribution in [0.25, 0.3) is 0 Å². The lowest BCUT2D eigenvalue weighted by Gasteiger charge is -2.30. The SMILES string of the molecule is CC1(C)OCC(C=C2CCCC2)N1C(=O)O. The van der Waals surface area contributed by atoms with Crippen molar-refractivity contribution in [3.8, 4) is 0 Å². The Labute approximate surface area is 95.9 Å². The highest BCUT2D eigenvalue weighted by atomic mass is 16.5. The van der Waals surface area contributed by atoms with Gasteiger partial charge in [0, 0.05) is 0 Å². The van der Waals surface area contributed by atoms with Gasteiger partial charge in [0.2, 0.25) is 0 Å². The number of rotatable bonds is 1. The van der Waals surface area contributed by atoms with E-state index in [4.69, 9.17) is 4.74 Å². The van der Waals surface area contributed by atoms with E-state index in [1.165, 1.54) is 23.3 Å². The van der Waals surface area contributed by atoms with E-state index >= 15 is 0 Å². The Balaban J connectivity index is 2.15. The van der Waals surface area contributed by atoms with Gasteiger partial charge in [-0.2, -0.15) is 0 Å². The molecule has 1 N–H and O–H groups in total. The fourth-order valence-corrected chi connectivity index (χ4v) is 2.60. The third-order valence-electron chi connectivity index (χ3n) is 3.40. The van der Waals surface area contributed by atoms with Crippen molar-refractivity contribution < 1.29 is 14.6 Å². The van der Waals surface area contributed by atoms with Crippen LogP contribution in [0.1, 0.15) is 39.5 Å². The first-order valence-corrected chi connectivity index (χ1v) is 5.86. The lowest BCUT2D eigenvalue weighted by Crippen LogP contribution is -2.46. The van der Waals surface area contributed by atoms with Crippen LogP contribution in [-0.2, 0) is 4.74 Å². The number of carboxylic acid groups (broad SMARTS) is 1. The van der Waals surface area contributed by atoms with E-state index in [2.05, 4.69) is 6.08 Å². The highest BCUT2D eigenvalue weighted by Gasteiger charge is 2.43. The molecular formula is C12H19NO3. The molecule has 16 heavy (non-hydrogen) atoms. The molecule has 1 amide bonds. The minimum absolute atomic E-state index is 0.111. The van der Waals surface area contributed by atoms with Crippen LogP contribution in [0.5, 0.6) is 0 Å². The van der Waals surface area contributed by atoms with Gasteiger partial charge in [-0.15, -0.1) is 0 Å². The fourth-order valence-electron chi connectivity index (χ4n) is 2.60. The fraction of sp³-hybridized carbons (Fsp3) is 0.750. The topological polar surface area (TPSA) is 49.8 Å². The maximum Gasteiger partial charge on any atom is 0.410 e. The average molecular weight is 225 g/mol. The van der Waals surface area contributed by atoms with Crippen molar-refractivity contribution in [2.24, 2.45) is 0 Å². The number of hydrogen-bond donors (Lipinski definition) is 1. The summed E-state index contributed by atoms with van der Waals surface area (Å²) in [5, 5.41) is 9.21. The molecule has 1 unspecified atom stereocenters. The van der Waals surface area contributed by atoms with Gasteiger partial charge < -0.3 is 9.84 Å². The summed E-state index contributed by atoms with van der Waals surface area (Å²) in [5.41, 5.74) is 0.684. The minimum atomic E-state index is -0.901. The average Bonchev–Trinajstić information content (AvgIpc) is 2.74. The molecule has 1 heterocycles. The lowest BCUT2D eigenvalue weighted by molar-refractivity contribution is -0.0409. The van der Waals surface area contributed by atoms with Crippen molar-refractivity contribution in [3.63, 3.8) is 0 Å². The Bertz CT molecular complexity index is 314. The van der Waals surface area contributed by atoms with Gasteiger partial charge in [0.05, 0.1) is 12.6 Å². The van der Waals surface area contributed by atoms with Crippen molar-refractivity contribution in [1.29, 1.82) is 0 Å². The van der Waals surface area contributed by atoms with Crippen LogP contribution in [0, 0.1) is 0 Å². The first kappa shape index (κ1) is 11.5. The second kappa shape index (κ2) is 4.09. The normalized spacial score (nSPS) is 28.5. The maximum absolute atomic E-state index is 11.2. The molecule has 2 fully saturated rings. The summed E-state index contributed by atoms with van der Waals surface area (Å²) < 4.78 is 5.54. The lowest BCUT2D eigenvalue weighted by atomic mass is 10.1.